The van der Waals surface area contributed by atoms with Crippen LogP contribution >= 0.6 is 0 Å². The van der Waals surface area contributed by atoms with Crippen LogP contribution in [0, 0.1) is 0 Å². The molecule has 2 aromatic heterocycles. The predicted octanol–water partition coefficient (Wildman–Crippen LogP) is 2.14. The molecule has 150 valence electrons. The summed E-state index contributed by atoms with van der Waals surface area (Å²) in [5.41, 5.74) is 8.28. The van der Waals surface area contributed by atoms with E-state index in [4.69, 9.17) is 10.5 Å². The number of aromatic nitrogens is 4. The number of methoxy groups -OCH3 is 1. The van der Waals surface area contributed by atoms with Crippen molar-refractivity contribution >= 4 is 28.6 Å². The quantitative estimate of drug-likeness (QED) is 0.435. The molecule has 0 aliphatic heterocycles. The molecule has 0 atom stereocenters. The van der Waals surface area contributed by atoms with Gasteiger partial charge in [-0.05, 0) is 44.0 Å². The van der Waals surface area contributed by atoms with Crippen LogP contribution in [0.1, 0.15) is 25.8 Å². The minimum atomic E-state index is -0.755. The summed E-state index contributed by atoms with van der Waals surface area (Å²) in [4.78, 5) is 13.5. The molecular formula is C19H27N7O2. The molecule has 3 rings (SSSR count). The van der Waals surface area contributed by atoms with Gasteiger partial charge in [-0.1, -0.05) is 0 Å². The van der Waals surface area contributed by atoms with Gasteiger partial charge in [0.05, 0.1) is 19.0 Å². The minimum Gasteiger partial charge on any atom is -0.497 e. The lowest BCUT2D eigenvalue weighted by atomic mass is 10.1. The highest BCUT2D eigenvalue weighted by molar-refractivity contribution is 5.84. The number of imidazole rings is 1. The number of aryl methyl sites for hydroxylation is 1. The Hall–Kier alpha value is -3.07. The van der Waals surface area contributed by atoms with Gasteiger partial charge in [-0.15, -0.1) is 0 Å². The average molecular weight is 385 g/mol. The fourth-order valence-corrected chi connectivity index (χ4v) is 2.73. The third-order valence-electron chi connectivity index (χ3n) is 4.38. The van der Waals surface area contributed by atoms with Gasteiger partial charge in [0.1, 0.15) is 5.75 Å². The van der Waals surface area contributed by atoms with Crippen LogP contribution in [-0.4, -0.2) is 43.9 Å². The summed E-state index contributed by atoms with van der Waals surface area (Å²) in [7, 11) is 3.50. The molecule has 0 amide bonds. The highest BCUT2D eigenvalue weighted by atomic mass is 16.5. The number of anilines is 3. The number of aliphatic hydroxyl groups is 1. The highest BCUT2D eigenvalue weighted by Gasteiger charge is 2.15. The van der Waals surface area contributed by atoms with E-state index >= 15 is 0 Å². The largest absolute Gasteiger partial charge is 0.497 e. The normalized spacial score (nSPS) is 11.6. The summed E-state index contributed by atoms with van der Waals surface area (Å²) in [6, 6.07) is 5.53. The lowest BCUT2D eigenvalue weighted by molar-refractivity contribution is 0.0748. The maximum Gasteiger partial charge on any atom is 0.226 e. The molecule has 0 saturated carbocycles. The highest BCUT2D eigenvalue weighted by Crippen LogP contribution is 2.24. The second-order valence-corrected chi connectivity index (χ2v) is 7.33. The van der Waals surface area contributed by atoms with E-state index in [0.717, 1.165) is 11.3 Å². The Balaban J connectivity index is 1.83. The van der Waals surface area contributed by atoms with Crippen LogP contribution in [0.15, 0.2) is 24.5 Å². The fraction of sp³-hybridized carbons (Fsp3) is 0.421. The lowest BCUT2D eigenvalue weighted by Gasteiger charge is -2.17. The molecule has 9 nitrogen and oxygen atoms in total. The first-order valence-corrected chi connectivity index (χ1v) is 9.08. The number of rotatable bonds is 8. The van der Waals surface area contributed by atoms with Crippen molar-refractivity contribution < 1.29 is 9.84 Å². The Morgan fingerprint density at radius 2 is 2.04 bits per heavy atom. The molecule has 0 radical (unpaired) electrons. The van der Waals surface area contributed by atoms with Crippen molar-refractivity contribution in [2.45, 2.75) is 32.4 Å². The maximum atomic E-state index is 9.88. The number of hydrogen-bond acceptors (Lipinski definition) is 8. The summed E-state index contributed by atoms with van der Waals surface area (Å²) >= 11 is 0. The number of ether oxygens (including phenoxy) is 1. The number of benzene rings is 1. The zero-order chi connectivity index (χ0) is 20.3. The number of hydrogen-bond donors (Lipinski definition) is 4. The first kappa shape index (κ1) is 19.7. The zero-order valence-corrected chi connectivity index (χ0v) is 16.7. The molecule has 0 spiro atoms. The Morgan fingerprint density at radius 1 is 1.25 bits per heavy atom. The second kappa shape index (κ2) is 7.89. The topological polar surface area (TPSA) is 123 Å². The summed E-state index contributed by atoms with van der Waals surface area (Å²) in [6.45, 7) is 4.56. The number of nitrogens with zero attached hydrogens (tertiary/aromatic N) is 4. The number of nitrogens with one attached hydrogen (secondary N) is 2. The molecule has 5 N–H and O–H groups in total. The summed E-state index contributed by atoms with van der Waals surface area (Å²) < 4.78 is 7.11. The zero-order valence-electron chi connectivity index (χ0n) is 16.7. The van der Waals surface area contributed by atoms with Gasteiger partial charge in [-0.3, -0.25) is 0 Å². The predicted molar refractivity (Wildman–Crippen MR) is 110 cm³/mol. The maximum absolute atomic E-state index is 9.88. The van der Waals surface area contributed by atoms with Gasteiger partial charge in [0, 0.05) is 25.8 Å². The van der Waals surface area contributed by atoms with Crippen LogP contribution in [0.25, 0.3) is 11.2 Å². The molecule has 1 aromatic carbocycles. The molecule has 0 aliphatic carbocycles. The number of nitrogen functional groups attached to an aromatic ring is 1. The van der Waals surface area contributed by atoms with E-state index in [9.17, 15) is 5.11 Å². The molecule has 0 saturated heterocycles. The molecule has 0 fully saturated rings. The molecule has 0 aliphatic rings. The smallest absolute Gasteiger partial charge is 0.226 e. The summed E-state index contributed by atoms with van der Waals surface area (Å²) in [6.07, 6.45) is 2.27. The van der Waals surface area contributed by atoms with Crippen molar-refractivity contribution in [2.24, 2.45) is 7.05 Å². The molecular weight excluding hydrogens is 358 g/mol. The third kappa shape index (κ3) is 4.61. The molecule has 0 unspecified atom stereocenters. The van der Waals surface area contributed by atoms with Crippen molar-refractivity contribution in [1.29, 1.82) is 0 Å². The van der Waals surface area contributed by atoms with Crippen LogP contribution in [-0.2, 0) is 13.6 Å². The lowest BCUT2D eigenvalue weighted by Crippen LogP contribution is -2.23. The van der Waals surface area contributed by atoms with Crippen molar-refractivity contribution in [2.75, 3.05) is 30.0 Å². The first-order valence-electron chi connectivity index (χ1n) is 9.08. The van der Waals surface area contributed by atoms with Crippen LogP contribution in [0.3, 0.4) is 0 Å². The van der Waals surface area contributed by atoms with Gasteiger partial charge in [0.2, 0.25) is 5.95 Å². The standard InChI is InChI=1S/C19H27N7O2/c1-19(2,27)7-8-21-18-24-16(15-17(25-18)26(3)11-23-15)22-10-12-9-13(28-4)5-6-14(12)20/h5-6,9,11,27H,7-8,10,20H2,1-4H3,(H2,21,22,24,25). The van der Waals surface area contributed by atoms with Gasteiger partial charge < -0.3 is 30.8 Å². The van der Waals surface area contributed by atoms with Crippen molar-refractivity contribution in [3.8, 4) is 5.75 Å². The molecule has 3 aromatic rings. The van der Waals surface area contributed by atoms with Gasteiger partial charge in [-0.25, -0.2) is 4.98 Å². The van der Waals surface area contributed by atoms with E-state index < -0.39 is 5.60 Å². The average Bonchev–Trinajstić information content (AvgIpc) is 3.01. The van der Waals surface area contributed by atoms with Gasteiger partial charge >= 0.3 is 0 Å². The third-order valence-corrected chi connectivity index (χ3v) is 4.38. The van der Waals surface area contributed by atoms with E-state index in [0.29, 0.717) is 48.1 Å². The Morgan fingerprint density at radius 3 is 2.75 bits per heavy atom. The minimum absolute atomic E-state index is 0.467. The molecule has 28 heavy (non-hydrogen) atoms. The van der Waals surface area contributed by atoms with Crippen LogP contribution in [0.5, 0.6) is 5.75 Å². The second-order valence-electron chi connectivity index (χ2n) is 7.33. The monoisotopic (exact) mass is 385 g/mol. The van der Waals surface area contributed by atoms with Crippen LogP contribution < -0.4 is 21.1 Å². The Labute approximate surface area is 164 Å². The Kier molecular flexibility index (Phi) is 5.55. The van der Waals surface area contributed by atoms with E-state index in [1.54, 1.807) is 27.3 Å². The SMILES string of the molecule is COc1ccc(N)c(CNc2nc(NCCC(C)(C)O)nc3c2ncn3C)c1. The molecule has 2 heterocycles. The van der Waals surface area contributed by atoms with E-state index in [-0.39, 0.29) is 0 Å². The molecule has 0 bridgehead atoms. The van der Waals surface area contributed by atoms with Crippen molar-refractivity contribution in [1.82, 2.24) is 19.5 Å². The van der Waals surface area contributed by atoms with Gasteiger partial charge in [0.15, 0.2) is 17.0 Å². The van der Waals surface area contributed by atoms with Crippen LogP contribution in [0.4, 0.5) is 17.5 Å². The molecule has 9 heteroatoms. The van der Waals surface area contributed by atoms with Crippen molar-refractivity contribution in [3.63, 3.8) is 0 Å². The summed E-state index contributed by atoms with van der Waals surface area (Å²) in [5.74, 6) is 1.82. The Bertz CT molecular complexity index is 963. The number of fused-ring (bicyclic) bond motifs is 1. The van der Waals surface area contributed by atoms with Crippen LogP contribution in [0.2, 0.25) is 0 Å². The van der Waals surface area contributed by atoms with E-state index in [1.807, 2.05) is 29.8 Å². The van der Waals surface area contributed by atoms with Gasteiger partial charge in [0.25, 0.3) is 0 Å². The number of nitrogens with two attached hydrogens (primary N) is 1. The summed E-state index contributed by atoms with van der Waals surface area (Å²) in [5, 5.41) is 16.4. The van der Waals surface area contributed by atoms with Gasteiger partial charge in [-0.2, -0.15) is 9.97 Å². The van der Waals surface area contributed by atoms with E-state index in [2.05, 4.69) is 25.6 Å². The van der Waals surface area contributed by atoms with Crippen molar-refractivity contribution in [3.05, 3.63) is 30.1 Å². The first-order chi connectivity index (χ1) is 13.3. The van der Waals surface area contributed by atoms with E-state index in [1.165, 1.54) is 0 Å². The fourth-order valence-electron chi connectivity index (χ4n) is 2.73.